The van der Waals surface area contributed by atoms with E-state index in [1.807, 2.05) is 6.07 Å². The minimum Gasteiger partial charge on any atom is -0.456 e. The van der Waals surface area contributed by atoms with Gasteiger partial charge in [0, 0.05) is 39.2 Å². The molecule has 0 saturated heterocycles. The molecule has 9 aromatic rings. The van der Waals surface area contributed by atoms with Gasteiger partial charge in [0.05, 0.1) is 5.69 Å². The van der Waals surface area contributed by atoms with E-state index in [0.717, 1.165) is 39.0 Å². The van der Waals surface area contributed by atoms with E-state index in [2.05, 4.69) is 216 Å². The zero-order valence-electron chi connectivity index (χ0n) is 36.0. The standard InChI is InChI=1S/C59H51NO/c1-57(2)32-33-58(3,4)53-34-42(26-31-51(53)57)48-36-49-45-16-10-12-18-50(45)59(5,6)52(49)37-54(48)60(44-29-30-47-46-17-11-13-19-55(46)61-56(47)35-44)43-27-24-41(25-28-43)40-22-20-39(21-23-40)38-14-8-7-9-15-38/h7-31,34-37H,32-33H2,1-6H3. The van der Waals surface area contributed by atoms with Crippen LogP contribution in [-0.2, 0) is 16.2 Å². The van der Waals surface area contributed by atoms with Gasteiger partial charge in [-0.3, -0.25) is 0 Å². The summed E-state index contributed by atoms with van der Waals surface area (Å²) in [6.45, 7) is 14.5. The van der Waals surface area contributed by atoms with Gasteiger partial charge in [-0.2, -0.15) is 0 Å². The Balaban J connectivity index is 1.13. The summed E-state index contributed by atoms with van der Waals surface area (Å²) in [4.78, 5) is 2.47. The van der Waals surface area contributed by atoms with E-state index in [0.29, 0.717) is 0 Å². The molecule has 0 fully saturated rings. The first-order chi connectivity index (χ1) is 29.5. The molecule has 2 heteroatoms. The molecule has 2 aliphatic rings. The quantitative estimate of drug-likeness (QED) is 0.167. The number of para-hydroxylation sites is 1. The second-order valence-electron chi connectivity index (χ2n) is 19.2. The Morgan fingerprint density at radius 2 is 0.951 bits per heavy atom. The van der Waals surface area contributed by atoms with Crippen LogP contribution in [0.25, 0.3) is 66.4 Å². The van der Waals surface area contributed by atoms with Crippen LogP contribution in [0.2, 0.25) is 0 Å². The number of hydrogen-bond acceptors (Lipinski definition) is 2. The molecule has 8 aromatic carbocycles. The van der Waals surface area contributed by atoms with Crippen LogP contribution in [0.1, 0.15) is 76.6 Å². The van der Waals surface area contributed by atoms with Crippen LogP contribution in [0.3, 0.4) is 0 Å². The fourth-order valence-electron chi connectivity index (χ4n) is 10.5. The van der Waals surface area contributed by atoms with Crippen molar-refractivity contribution in [3.05, 3.63) is 198 Å². The molecule has 0 spiro atoms. The summed E-state index contributed by atoms with van der Waals surface area (Å²) in [5, 5.41) is 2.26. The monoisotopic (exact) mass is 789 g/mol. The number of nitrogens with zero attached hydrogens (tertiary/aromatic N) is 1. The highest BCUT2D eigenvalue weighted by molar-refractivity contribution is 6.06. The highest BCUT2D eigenvalue weighted by Gasteiger charge is 2.39. The van der Waals surface area contributed by atoms with Gasteiger partial charge in [0.2, 0.25) is 0 Å². The molecular weight excluding hydrogens is 739 g/mol. The third-order valence-electron chi connectivity index (χ3n) is 14.2. The molecule has 0 bridgehead atoms. The van der Waals surface area contributed by atoms with Gasteiger partial charge in [-0.05, 0) is 127 Å². The first-order valence-corrected chi connectivity index (χ1v) is 21.9. The molecule has 0 aliphatic heterocycles. The molecule has 298 valence electrons. The average molecular weight is 790 g/mol. The van der Waals surface area contributed by atoms with Crippen molar-refractivity contribution < 1.29 is 4.42 Å². The van der Waals surface area contributed by atoms with Crippen molar-refractivity contribution in [2.45, 2.75) is 70.6 Å². The molecule has 2 aliphatic carbocycles. The summed E-state index contributed by atoms with van der Waals surface area (Å²) in [5.41, 5.74) is 20.7. The first kappa shape index (κ1) is 37.4. The van der Waals surface area contributed by atoms with Crippen LogP contribution in [0.4, 0.5) is 17.1 Å². The van der Waals surface area contributed by atoms with Crippen molar-refractivity contribution in [1.82, 2.24) is 0 Å². The lowest BCUT2D eigenvalue weighted by Crippen LogP contribution is -2.33. The maximum absolute atomic E-state index is 6.58. The largest absolute Gasteiger partial charge is 0.456 e. The lowest BCUT2D eigenvalue weighted by Gasteiger charge is -2.42. The van der Waals surface area contributed by atoms with E-state index in [1.54, 1.807) is 0 Å². The number of hydrogen-bond donors (Lipinski definition) is 0. The van der Waals surface area contributed by atoms with E-state index in [1.165, 1.54) is 79.6 Å². The Morgan fingerprint density at radius 1 is 0.377 bits per heavy atom. The van der Waals surface area contributed by atoms with Gasteiger partial charge in [0.15, 0.2) is 0 Å². The number of furan rings is 1. The SMILES string of the molecule is CC1(C)CCC(C)(C)c2cc(-c3cc4c(cc3N(c3ccc(-c5ccc(-c6ccccc6)cc5)cc3)c3ccc5c(c3)oc3ccccc35)C(C)(C)c3ccccc3-4)ccc21. The van der Waals surface area contributed by atoms with Crippen LogP contribution in [0.5, 0.6) is 0 Å². The van der Waals surface area contributed by atoms with E-state index in [-0.39, 0.29) is 16.2 Å². The first-order valence-electron chi connectivity index (χ1n) is 21.9. The van der Waals surface area contributed by atoms with Gasteiger partial charge in [0.25, 0.3) is 0 Å². The summed E-state index contributed by atoms with van der Waals surface area (Å²) in [7, 11) is 0. The van der Waals surface area contributed by atoms with Gasteiger partial charge in [0.1, 0.15) is 11.2 Å². The fourth-order valence-corrected chi connectivity index (χ4v) is 10.5. The Bertz CT molecular complexity index is 3140. The van der Waals surface area contributed by atoms with Gasteiger partial charge in [-0.15, -0.1) is 0 Å². The van der Waals surface area contributed by atoms with Crippen LogP contribution in [-0.4, -0.2) is 0 Å². The second kappa shape index (κ2) is 13.7. The van der Waals surface area contributed by atoms with Gasteiger partial charge in [-0.25, -0.2) is 0 Å². The maximum atomic E-state index is 6.58. The smallest absolute Gasteiger partial charge is 0.137 e. The van der Waals surface area contributed by atoms with Crippen LogP contribution >= 0.6 is 0 Å². The zero-order valence-corrected chi connectivity index (χ0v) is 36.0. The fraction of sp³-hybridized carbons (Fsp3) is 0.186. The Kier molecular flexibility index (Phi) is 8.39. The van der Waals surface area contributed by atoms with Crippen molar-refractivity contribution >= 4 is 39.0 Å². The Hall–Kier alpha value is -6.64. The predicted molar refractivity (Wildman–Crippen MR) is 258 cm³/mol. The molecule has 0 unspecified atom stereocenters. The Labute approximate surface area is 360 Å². The normalized spacial score (nSPS) is 15.6. The van der Waals surface area contributed by atoms with E-state index in [9.17, 15) is 0 Å². The van der Waals surface area contributed by atoms with Crippen molar-refractivity contribution in [3.63, 3.8) is 0 Å². The van der Waals surface area contributed by atoms with Crippen molar-refractivity contribution in [3.8, 4) is 44.5 Å². The lowest BCUT2D eigenvalue weighted by atomic mass is 9.63. The number of benzene rings is 8. The van der Waals surface area contributed by atoms with Crippen molar-refractivity contribution in [1.29, 1.82) is 0 Å². The summed E-state index contributed by atoms with van der Waals surface area (Å²) >= 11 is 0. The second-order valence-corrected chi connectivity index (χ2v) is 19.2. The van der Waals surface area contributed by atoms with Gasteiger partial charge in [-0.1, -0.05) is 169 Å². The Morgan fingerprint density at radius 3 is 1.69 bits per heavy atom. The van der Waals surface area contributed by atoms with Crippen molar-refractivity contribution in [2.24, 2.45) is 0 Å². The van der Waals surface area contributed by atoms with Crippen LogP contribution < -0.4 is 4.90 Å². The van der Waals surface area contributed by atoms with Crippen molar-refractivity contribution in [2.75, 3.05) is 4.90 Å². The third kappa shape index (κ3) is 6.06. The minimum atomic E-state index is -0.175. The number of fused-ring (bicyclic) bond motifs is 7. The highest BCUT2D eigenvalue weighted by atomic mass is 16.3. The van der Waals surface area contributed by atoms with Gasteiger partial charge >= 0.3 is 0 Å². The summed E-state index contributed by atoms with van der Waals surface area (Å²) < 4.78 is 6.58. The van der Waals surface area contributed by atoms with Gasteiger partial charge < -0.3 is 9.32 Å². The lowest BCUT2D eigenvalue weighted by molar-refractivity contribution is 0.332. The zero-order chi connectivity index (χ0) is 41.7. The third-order valence-corrected chi connectivity index (χ3v) is 14.2. The molecular formula is C59H51NO. The predicted octanol–water partition coefficient (Wildman–Crippen LogP) is 16.7. The molecule has 1 heterocycles. The topological polar surface area (TPSA) is 16.4 Å². The van der Waals surface area contributed by atoms with Crippen LogP contribution in [0, 0.1) is 0 Å². The summed E-state index contributed by atoms with van der Waals surface area (Å²) in [5.74, 6) is 0. The van der Waals surface area contributed by atoms with E-state index in [4.69, 9.17) is 4.42 Å². The average Bonchev–Trinajstić information content (AvgIpc) is 3.76. The summed E-state index contributed by atoms with van der Waals surface area (Å²) in [6, 6.07) is 65.1. The molecule has 0 saturated carbocycles. The molecule has 1 aromatic heterocycles. The molecule has 61 heavy (non-hydrogen) atoms. The molecule has 0 amide bonds. The highest BCUT2D eigenvalue weighted by Crippen LogP contribution is 2.55. The van der Waals surface area contributed by atoms with E-state index >= 15 is 0 Å². The van der Waals surface area contributed by atoms with E-state index < -0.39 is 0 Å². The molecule has 2 nitrogen and oxygen atoms in total. The molecule has 11 rings (SSSR count). The molecule has 0 N–H and O–H groups in total. The summed E-state index contributed by atoms with van der Waals surface area (Å²) in [6.07, 6.45) is 2.35. The number of rotatable bonds is 6. The minimum absolute atomic E-state index is 0.0769. The maximum Gasteiger partial charge on any atom is 0.137 e. The number of anilines is 3. The molecule has 0 atom stereocenters. The molecule has 0 radical (unpaired) electrons. The van der Waals surface area contributed by atoms with Crippen LogP contribution in [0.15, 0.2) is 180 Å².